The van der Waals surface area contributed by atoms with Gasteiger partial charge in [0.25, 0.3) is 5.91 Å². The Morgan fingerprint density at radius 2 is 2.13 bits per heavy atom. The lowest BCUT2D eigenvalue weighted by Crippen LogP contribution is -2.29. The molecule has 1 aliphatic rings. The molecule has 0 atom stereocenters. The first-order chi connectivity index (χ1) is 14.7. The number of carbonyl (C=O) groups excluding carboxylic acids is 1. The lowest BCUT2D eigenvalue weighted by molar-refractivity contribution is -0.122. The van der Waals surface area contributed by atoms with E-state index in [-0.39, 0.29) is 5.91 Å². The third-order valence-corrected chi connectivity index (χ3v) is 7.08. The highest BCUT2D eigenvalue weighted by atomic mass is 32.2. The fourth-order valence-electron chi connectivity index (χ4n) is 3.32. The molecule has 4 aromatic rings. The number of tetrazole rings is 1. The Morgan fingerprint density at radius 1 is 1.20 bits per heavy atom. The lowest BCUT2D eigenvalue weighted by Gasteiger charge is -2.13. The van der Waals surface area contributed by atoms with Crippen molar-refractivity contribution in [2.45, 2.75) is 12.8 Å². The van der Waals surface area contributed by atoms with Crippen molar-refractivity contribution in [2.75, 3.05) is 6.54 Å². The number of aromatic amines is 2. The minimum absolute atomic E-state index is 0.0400. The molecule has 1 fully saturated rings. The van der Waals surface area contributed by atoms with Gasteiger partial charge in [-0.15, -0.1) is 21.5 Å². The van der Waals surface area contributed by atoms with Crippen molar-refractivity contribution in [3.8, 4) is 11.1 Å². The minimum atomic E-state index is -0.0400. The van der Waals surface area contributed by atoms with Gasteiger partial charge < -0.3 is 4.98 Å². The molecule has 1 amide bonds. The third-order valence-electron chi connectivity index (χ3n) is 4.82. The van der Waals surface area contributed by atoms with Gasteiger partial charge in [-0.05, 0) is 58.7 Å². The van der Waals surface area contributed by atoms with Gasteiger partial charge in [0.1, 0.15) is 4.32 Å². The summed E-state index contributed by atoms with van der Waals surface area (Å²) in [7, 11) is 0. The molecule has 5 rings (SSSR count). The van der Waals surface area contributed by atoms with Crippen molar-refractivity contribution in [3.05, 3.63) is 57.5 Å². The number of amides is 1. The van der Waals surface area contributed by atoms with E-state index in [1.807, 2.05) is 12.3 Å². The summed E-state index contributed by atoms with van der Waals surface area (Å²) in [4.78, 5) is 19.4. The van der Waals surface area contributed by atoms with Gasteiger partial charge in [-0.1, -0.05) is 35.3 Å². The van der Waals surface area contributed by atoms with Gasteiger partial charge in [-0.2, -0.15) is 5.21 Å². The van der Waals surface area contributed by atoms with Crippen molar-refractivity contribution in [3.63, 3.8) is 0 Å². The minimum Gasteiger partial charge on any atom is -0.361 e. The van der Waals surface area contributed by atoms with Crippen LogP contribution in [0.2, 0.25) is 0 Å². The summed E-state index contributed by atoms with van der Waals surface area (Å²) < 4.78 is 0.592. The SMILES string of the molecule is O=C1C(=Cc2cc(-c3ccc4[nH]ccc4c3)cs2)SC(=S)N1CCCc1nn[nH]n1. The predicted molar refractivity (Wildman–Crippen MR) is 124 cm³/mol. The van der Waals surface area contributed by atoms with Gasteiger partial charge in [-0.25, -0.2) is 0 Å². The van der Waals surface area contributed by atoms with Gasteiger partial charge in [0.05, 0.1) is 4.91 Å². The second-order valence-corrected chi connectivity index (χ2v) is 9.40. The quantitative estimate of drug-likeness (QED) is 0.336. The van der Waals surface area contributed by atoms with Gasteiger partial charge in [-0.3, -0.25) is 9.69 Å². The number of aromatic nitrogens is 5. The van der Waals surface area contributed by atoms with Gasteiger partial charge in [0.15, 0.2) is 5.82 Å². The van der Waals surface area contributed by atoms with Crippen LogP contribution in [0.25, 0.3) is 28.1 Å². The van der Waals surface area contributed by atoms with Crippen LogP contribution in [0.15, 0.2) is 46.8 Å². The fraction of sp³-hybridized carbons (Fsp3) is 0.150. The number of fused-ring (bicyclic) bond motifs is 1. The van der Waals surface area contributed by atoms with Crippen molar-refractivity contribution in [1.82, 2.24) is 30.5 Å². The van der Waals surface area contributed by atoms with E-state index in [0.29, 0.717) is 28.0 Å². The number of thioether (sulfide) groups is 1. The number of thiophene rings is 1. The molecule has 0 aliphatic carbocycles. The summed E-state index contributed by atoms with van der Waals surface area (Å²) in [6.07, 6.45) is 5.25. The standard InChI is InChI=1S/C20H16N6OS3/c27-19-17(30-20(28)26(19)7-1-2-18-22-24-25-23-18)10-15-9-14(11-29-15)12-3-4-16-13(8-12)5-6-21-16/h3-6,8-11,21H,1-2,7H2,(H,22,23,24,25). The van der Waals surface area contributed by atoms with E-state index in [0.717, 1.165) is 27.9 Å². The molecule has 0 saturated carbocycles. The Kier molecular flexibility index (Phi) is 5.19. The van der Waals surface area contributed by atoms with Gasteiger partial charge in [0.2, 0.25) is 0 Å². The summed E-state index contributed by atoms with van der Waals surface area (Å²) in [6, 6.07) is 10.5. The zero-order chi connectivity index (χ0) is 20.5. The van der Waals surface area contributed by atoms with Crippen LogP contribution in [0.1, 0.15) is 17.1 Å². The summed E-state index contributed by atoms with van der Waals surface area (Å²) >= 11 is 8.40. The number of H-pyrrole nitrogens is 2. The molecule has 2 N–H and O–H groups in total. The number of nitrogens with one attached hydrogen (secondary N) is 2. The van der Waals surface area contributed by atoms with Crippen LogP contribution in [0.4, 0.5) is 0 Å². The first-order valence-electron chi connectivity index (χ1n) is 9.31. The van der Waals surface area contributed by atoms with Crippen LogP contribution in [0.3, 0.4) is 0 Å². The molecule has 30 heavy (non-hydrogen) atoms. The Balaban J connectivity index is 1.29. The number of carbonyl (C=O) groups is 1. The largest absolute Gasteiger partial charge is 0.361 e. The molecule has 7 nitrogen and oxygen atoms in total. The molecule has 1 aliphatic heterocycles. The van der Waals surface area contributed by atoms with Crippen LogP contribution >= 0.6 is 35.3 Å². The maximum absolute atomic E-state index is 12.8. The normalized spacial score (nSPS) is 15.7. The average Bonchev–Trinajstić information content (AvgIpc) is 3.53. The van der Waals surface area contributed by atoms with Crippen LogP contribution in [0, 0.1) is 0 Å². The number of hydrogen-bond acceptors (Lipinski definition) is 7. The van der Waals surface area contributed by atoms with Crippen molar-refractivity contribution < 1.29 is 4.79 Å². The molecular weight excluding hydrogens is 436 g/mol. The van der Waals surface area contributed by atoms with Crippen molar-refractivity contribution >= 4 is 62.5 Å². The Hall–Kier alpha value is -2.82. The third kappa shape index (κ3) is 3.81. The summed E-state index contributed by atoms with van der Waals surface area (Å²) in [5.41, 5.74) is 3.43. The molecule has 0 radical (unpaired) electrons. The molecule has 0 unspecified atom stereocenters. The number of thiocarbonyl (C=S) groups is 1. The van der Waals surface area contributed by atoms with Gasteiger partial charge in [0, 0.05) is 29.6 Å². The molecule has 0 bridgehead atoms. The van der Waals surface area contributed by atoms with E-state index in [1.165, 1.54) is 17.1 Å². The van der Waals surface area contributed by atoms with Crippen LogP contribution < -0.4 is 0 Å². The first kappa shape index (κ1) is 19.2. The zero-order valence-electron chi connectivity index (χ0n) is 15.7. The highest BCUT2D eigenvalue weighted by Crippen LogP contribution is 2.35. The average molecular weight is 453 g/mol. The second kappa shape index (κ2) is 8.13. The topological polar surface area (TPSA) is 90.6 Å². The first-order valence-corrected chi connectivity index (χ1v) is 11.4. The number of hydrogen-bond donors (Lipinski definition) is 2. The Morgan fingerprint density at radius 3 is 3.00 bits per heavy atom. The Labute approximate surface area is 185 Å². The molecule has 3 aromatic heterocycles. The van der Waals surface area contributed by atoms with E-state index >= 15 is 0 Å². The summed E-state index contributed by atoms with van der Waals surface area (Å²) in [6.45, 7) is 0.545. The highest BCUT2D eigenvalue weighted by molar-refractivity contribution is 8.26. The number of rotatable bonds is 6. The van der Waals surface area contributed by atoms with Crippen LogP contribution in [-0.4, -0.2) is 47.3 Å². The maximum Gasteiger partial charge on any atom is 0.266 e. The number of benzene rings is 1. The number of aryl methyl sites for hydroxylation is 1. The summed E-state index contributed by atoms with van der Waals surface area (Å²) in [5, 5.41) is 17.1. The molecule has 1 saturated heterocycles. The van der Waals surface area contributed by atoms with E-state index < -0.39 is 0 Å². The van der Waals surface area contributed by atoms with E-state index in [9.17, 15) is 4.79 Å². The monoisotopic (exact) mass is 452 g/mol. The maximum atomic E-state index is 12.8. The Bertz CT molecular complexity index is 1260. The molecule has 10 heteroatoms. The van der Waals surface area contributed by atoms with E-state index in [4.69, 9.17) is 12.2 Å². The second-order valence-electron chi connectivity index (χ2n) is 6.78. The zero-order valence-corrected chi connectivity index (χ0v) is 18.1. The lowest BCUT2D eigenvalue weighted by atomic mass is 10.1. The summed E-state index contributed by atoms with van der Waals surface area (Å²) in [5.74, 6) is 0.599. The van der Waals surface area contributed by atoms with Crippen molar-refractivity contribution in [2.24, 2.45) is 0 Å². The highest BCUT2D eigenvalue weighted by Gasteiger charge is 2.31. The van der Waals surface area contributed by atoms with E-state index in [2.05, 4.69) is 61.3 Å². The van der Waals surface area contributed by atoms with E-state index in [1.54, 1.807) is 16.2 Å². The van der Waals surface area contributed by atoms with Crippen molar-refractivity contribution in [1.29, 1.82) is 0 Å². The number of nitrogens with zero attached hydrogens (tertiary/aromatic N) is 4. The molecular formula is C20H16N6OS3. The predicted octanol–water partition coefficient (Wildman–Crippen LogP) is 4.24. The van der Waals surface area contributed by atoms with Crippen LogP contribution in [-0.2, 0) is 11.2 Å². The molecule has 0 spiro atoms. The van der Waals surface area contributed by atoms with Crippen LogP contribution in [0.5, 0.6) is 0 Å². The molecule has 1 aromatic carbocycles. The molecule has 4 heterocycles. The molecule has 150 valence electrons. The smallest absolute Gasteiger partial charge is 0.266 e. The fourth-order valence-corrected chi connectivity index (χ4v) is 5.54. The van der Waals surface area contributed by atoms with Gasteiger partial charge >= 0.3 is 0 Å².